The van der Waals surface area contributed by atoms with Gasteiger partial charge in [0.05, 0.1) is 0 Å². The van der Waals surface area contributed by atoms with Gasteiger partial charge in [-0.3, -0.25) is 11.3 Å². The quantitative estimate of drug-likeness (QED) is 0.337. The zero-order valence-electron chi connectivity index (χ0n) is 6.22. The summed E-state index contributed by atoms with van der Waals surface area (Å²) in [5.74, 6) is 5.79. The molecule has 0 saturated heterocycles. The molecule has 0 saturated carbocycles. The first-order valence-corrected chi connectivity index (χ1v) is 3.36. The van der Waals surface area contributed by atoms with E-state index in [4.69, 9.17) is 5.84 Å². The molecule has 0 radical (unpaired) electrons. The van der Waals surface area contributed by atoms with Gasteiger partial charge in [-0.15, -0.1) is 0 Å². The summed E-state index contributed by atoms with van der Waals surface area (Å²) in [6.07, 6.45) is 5.33. The minimum absolute atomic E-state index is 0.749. The van der Waals surface area contributed by atoms with Crippen LogP contribution in [0.5, 0.6) is 0 Å². The third kappa shape index (κ3) is 7.66. The summed E-state index contributed by atoms with van der Waals surface area (Å²) >= 11 is 0. The van der Waals surface area contributed by atoms with Crippen molar-refractivity contribution < 1.29 is 0 Å². The molecule has 0 atom stereocenters. The summed E-state index contributed by atoms with van der Waals surface area (Å²) < 4.78 is 0. The topological polar surface area (TPSA) is 38.0 Å². The van der Waals surface area contributed by atoms with E-state index in [9.17, 15) is 0 Å². The zero-order valence-corrected chi connectivity index (χ0v) is 6.22. The van der Waals surface area contributed by atoms with Crippen molar-refractivity contribution in [3.8, 4) is 0 Å². The predicted molar refractivity (Wildman–Crippen MR) is 40.8 cm³/mol. The summed E-state index contributed by atoms with van der Waals surface area (Å²) in [7, 11) is 0. The molecule has 54 valence electrons. The Bertz CT molecular complexity index is 77.0. The highest BCUT2D eigenvalue weighted by atomic mass is 15.2. The number of hydrogen-bond acceptors (Lipinski definition) is 2. The minimum Gasteiger partial charge on any atom is -0.271 e. The molecule has 3 N–H and O–H groups in total. The van der Waals surface area contributed by atoms with E-state index in [2.05, 4.69) is 25.3 Å². The molecule has 0 fully saturated rings. The van der Waals surface area contributed by atoms with Gasteiger partial charge in [0, 0.05) is 6.54 Å². The molecule has 0 aromatic rings. The second-order valence-corrected chi connectivity index (χ2v) is 2.51. The van der Waals surface area contributed by atoms with Crippen molar-refractivity contribution in [1.82, 2.24) is 5.43 Å². The molecule has 0 heterocycles. The molecule has 0 aromatic carbocycles. The number of nitrogens with two attached hydrogens (primary N) is 1. The van der Waals surface area contributed by atoms with Crippen LogP contribution in [-0.4, -0.2) is 6.54 Å². The zero-order chi connectivity index (χ0) is 7.11. The van der Waals surface area contributed by atoms with Crippen LogP contribution < -0.4 is 11.3 Å². The Morgan fingerprint density at radius 3 is 2.56 bits per heavy atom. The Labute approximate surface area is 57.1 Å². The fourth-order valence-electron chi connectivity index (χ4n) is 0.520. The van der Waals surface area contributed by atoms with Crippen LogP contribution in [0.1, 0.15) is 20.3 Å². The summed E-state index contributed by atoms with van der Waals surface area (Å²) in [4.78, 5) is 0. The second kappa shape index (κ2) is 5.79. The van der Waals surface area contributed by atoms with Crippen LogP contribution in [0.4, 0.5) is 0 Å². The molecule has 2 heteroatoms. The lowest BCUT2D eigenvalue weighted by Gasteiger charge is -1.95. The van der Waals surface area contributed by atoms with Gasteiger partial charge in [-0.1, -0.05) is 26.0 Å². The van der Waals surface area contributed by atoms with Crippen LogP contribution >= 0.6 is 0 Å². The van der Waals surface area contributed by atoms with Gasteiger partial charge in [0.25, 0.3) is 0 Å². The SMILES string of the molecule is CC(C)C/C=C/CNN. The molecule has 0 rings (SSSR count). The van der Waals surface area contributed by atoms with Crippen LogP contribution in [0.15, 0.2) is 12.2 Å². The van der Waals surface area contributed by atoms with E-state index in [-0.39, 0.29) is 0 Å². The van der Waals surface area contributed by atoms with Gasteiger partial charge in [-0.05, 0) is 12.3 Å². The monoisotopic (exact) mass is 128 g/mol. The molecule has 0 bridgehead atoms. The number of nitrogens with one attached hydrogen (secondary N) is 1. The molecular formula is C7H16N2. The first-order valence-electron chi connectivity index (χ1n) is 3.36. The molecule has 2 nitrogen and oxygen atoms in total. The van der Waals surface area contributed by atoms with Crippen molar-refractivity contribution >= 4 is 0 Å². The smallest absolute Gasteiger partial charge is 0.0278 e. The third-order valence-electron chi connectivity index (χ3n) is 1.01. The number of rotatable bonds is 4. The van der Waals surface area contributed by atoms with Gasteiger partial charge in [0.15, 0.2) is 0 Å². The Hall–Kier alpha value is -0.340. The van der Waals surface area contributed by atoms with Crippen LogP contribution in [-0.2, 0) is 0 Å². The maximum atomic E-state index is 5.04. The molecule has 9 heavy (non-hydrogen) atoms. The minimum atomic E-state index is 0.749. The maximum absolute atomic E-state index is 5.04. The lowest BCUT2D eigenvalue weighted by atomic mass is 10.1. The summed E-state index contributed by atoms with van der Waals surface area (Å²) in [6.45, 7) is 5.16. The number of hydrazine groups is 1. The number of allylic oxidation sites excluding steroid dienone is 1. The lowest BCUT2D eigenvalue weighted by molar-refractivity contribution is 0.661. The van der Waals surface area contributed by atoms with E-state index in [0.717, 1.165) is 18.9 Å². The molecule has 0 aliphatic heterocycles. The van der Waals surface area contributed by atoms with Gasteiger partial charge < -0.3 is 0 Å². The van der Waals surface area contributed by atoms with Crippen molar-refractivity contribution in [3.05, 3.63) is 12.2 Å². The van der Waals surface area contributed by atoms with E-state index in [1.54, 1.807) is 0 Å². The average Bonchev–Trinajstić information content (AvgIpc) is 1.80. The maximum Gasteiger partial charge on any atom is 0.0278 e. The normalized spacial score (nSPS) is 11.6. The van der Waals surface area contributed by atoms with Gasteiger partial charge in [0.1, 0.15) is 0 Å². The van der Waals surface area contributed by atoms with Crippen molar-refractivity contribution in [1.29, 1.82) is 0 Å². The van der Waals surface area contributed by atoms with Crippen molar-refractivity contribution in [2.45, 2.75) is 20.3 Å². The van der Waals surface area contributed by atoms with Crippen LogP contribution in [0.3, 0.4) is 0 Å². The fourth-order valence-corrected chi connectivity index (χ4v) is 0.520. The van der Waals surface area contributed by atoms with E-state index in [1.807, 2.05) is 6.08 Å². The van der Waals surface area contributed by atoms with Crippen molar-refractivity contribution in [2.24, 2.45) is 11.8 Å². The van der Waals surface area contributed by atoms with Crippen molar-refractivity contribution in [2.75, 3.05) is 6.54 Å². The number of hydrogen-bond donors (Lipinski definition) is 2. The standard InChI is InChI=1S/C7H16N2/c1-7(2)5-3-4-6-9-8/h3-4,7,9H,5-6,8H2,1-2H3/b4-3+. The van der Waals surface area contributed by atoms with E-state index in [0.29, 0.717) is 0 Å². The first kappa shape index (κ1) is 8.66. The molecule has 0 aliphatic carbocycles. The average molecular weight is 128 g/mol. The highest BCUT2D eigenvalue weighted by Gasteiger charge is 1.85. The van der Waals surface area contributed by atoms with E-state index < -0.39 is 0 Å². The highest BCUT2D eigenvalue weighted by Crippen LogP contribution is 1.98. The van der Waals surface area contributed by atoms with E-state index in [1.165, 1.54) is 0 Å². The summed E-state index contributed by atoms with van der Waals surface area (Å²) in [5, 5.41) is 0. The first-order chi connectivity index (χ1) is 4.27. The van der Waals surface area contributed by atoms with Gasteiger partial charge >= 0.3 is 0 Å². The van der Waals surface area contributed by atoms with Crippen LogP contribution in [0.25, 0.3) is 0 Å². The molecular weight excluding hydrogens is 112 g/mol. The molecule has 0 unspecified atom stereocenters. The molecule has 0 aromatic heterocycles. The third-order valence-corrected chi connectivity index (χ3v) is 1.01. The van der Waals surface area contributed by atoms with Gasteiger partial charge in [-0.2, -0.15) is 0 Å². The van der Waals surface area contributed by atoms with Crippen LogP contribution in [0.2, 0.25) is 0 Å². The Kier molecular flexibility index (Phi) is 5.57. The predicted octanol–water partition coefficient (Wildman–Crippen LogP) is 1.05. The van der Waals surface area contributed by atoms with Crippen LogP contribution in [0, 0.1) is 5.92 Å². The van der Waals surface area contributed by atoms with Crippen molar-refractivity contribution in [3.63, 3.8) is 0 Å². The largest absolute Gasteiger partial charge is 0.271 e. The Balaban J connectivity index is 3.04. The fraction of sp³-hybridized carbons (Fsp3) is 0.714. The summed E-state index contributed by atoms with van der Waals surface area (Å²) in [5.41, 5.74) is 2.55. The second-order valence-electron chi connectivity index (χ2n) is 2.51. The van der Waals surface area contributed by atoms with Gasteiger partial charge in [0.2, 0.25) is 0 Å². The Morgan fingerprint density at radius 1 is 1.44 bits per heavy atom. The van der Waals surface area contributed by atoms with E-state index >= 15 is 0 Å². The lowest BCUT2D eigenvalue weighted by Crippen LogP contribution is -2.21. The molecule has 0 spiro atoms. The Morgan fingerprint density at radius 2 is 2.11 bits per heavy atom. The summed E-state index contributed by atoms with van der Waals surface area (Å²) in [6, 6.07) is 0. The van der Waals surface area contributed by atoms with Gasteiger partial charge in [-0.25, -0.2) is 0 Å². The molecule has 0 amide bonds. The molecule has 0 aliphatic rings. The highest BCUT2D eigenvalue weighted by molar-refractivity contribution is 4.83.